The van der Waals surface area contributed by atoms with Crippen LogP contribution >= 0.6 is 0 Å². The topological polar surface area (TPSA) is 55.7 Å². The Morgan fingerprint density at radius 3 is 2.54 bits per heavy atom. The van der Waals surface area contributed by atoms with Crippen LogP contribution in [0.1, 0.15) is 24.2 Å². The van der Waals surface area contributed by atoms with Gasteiger partial charge in [-0.25, -0.2) is 4.98 Å². The summed E-state index contributed by atoms with van der Waals surface area (Å²) in [5.74, 6) is 0.613. The van der Waals surface area contributed by atoms with Crippen LogP contribution in [0.15, 0.2) is 48.5 Å². The molecule has 118 valence electrons. The molecular weight excluding hydrogens is 296 g/mol. The van der Waals surface area contributed by atoms with E-state index in [4.69, 9.17) is 0 Å². The van der Waals surface area contributed by atoms with E-state index in [0.717, 1.165) is 29.7 Å². The van der Waals surface area contributed by atoms with Crippen molar-refractivity contribution in [2.24, 2.45) is 0 Å². The highest BCUT2D eigenvalue weighted by molar-refractivity contribution is 5.90. The van der Waals surface area contributed by atoms with Crippen molar-refractivity contribution in [3.8, 4) is 6.07 Å². The Hall–Kier alpha value is -3.06. The number of anilines is 1. The number of H-pyrrole nitrogens is 1. The Balaban J connectivity index is 1.63. The molecule has 0 amide bonds. The van der Waals surface area contributed by atoms with Crippen LogP contribution in [0.3, 0.4) is 0 Å². The maximum atomic E-state index is 9.51. The summed E-state index contributed by atoms with van der Waals surface area (Å²) in [6, 6.07) is 18.4. The quantitative estimate of drug-likeness (QED) is 0.736. The zero-order valence-corrected chi connectivity index (χ0v) is 13.4. The molecule has 0 spiro atoms. The van der Waals surface area contributed by atoms with Gasteiger partial charge in [-0.2, -0.15) is 5.26 Å². The molecule has 4 nitrogen and oxygen atoms in total. The summed E-state index contributed by atoms with van der Waals surface area (Å²) in [7, 11) is 0. The van der Waals surface area contributed by atoms with E-state index in [2.05, 4.69) is 45.2 Å². The van der Waals surface area contributed by atoms with Crippen molar-refractivity contribution in [1.82, 2.24) is 9.97 Å². The highest BCUT2D eigenvalue weighted by atomic mass is 15.1. The van der Waals surface area contributed by atoms with Crippen molar-refractivity contribution in [2.75, 3.05) is 18.0 Å². The predicted octanol–water partition coefficient (Wildman–Crippen LogP) is 4.23. The molecule has 3 aromatic rings. The van der Waals surface area contributed by atoms with Crippen LogP contribution in [0.5, 0.6) is 0 Å². The van der Waals surface area contributed by atoms with E-state index in [-0.39, 0.29) is 0 Å². The van der Waals surface area contributed by atoms with Gasteiger partial charge in [0.1, 0.15) is 11.9 Å². The van der Waals surface area contributed by atoms with E-state index < -0.39 is 0 Å². The van der Waals surface area contributed by atoms with Gasteiger partial charge in [-0.05, 0) is 48.7 Å². The molecule has 2 heterocycles. The fourth-order valence-electron chi connectivity index (χ4n) is 3.16. The molecule has 0 saturated carbocycles. The van der Waals surface area contributed by atoms with Crippen molar-refractivity contribution in [2.45, 2.75) is 12.8 Å². The van der Waals surface area contributed by atoms with E-state index in [1.54, 1.807) is 0 Å². The molecule has 4 heteroatoms. The molecule has 0 radical (unpaired) electrons. The predicted molar refractivity (Wildman–Crippen MR) is 97.5 cm³/mol. The second kappa shape index (κ2) is 6.21. The van der Waals surface area contributed by atoms with E-state index in [1.807, 2.05) is 30.3 Å². The number of rotatable bonds is 3. The average molecular weight is 314 g/mol. The summed E-state index contributed by atoms with van der Waals surface area (Å²) < 4.78 is 0. The van der Waals surface area contributed by atoms with Crippen LogP contribution in [0.2, 0.25) is 0 Å². The van der Waals surface area contributed by atoms with Gasteiger partial charge in [-0.1, -0.05) is 24.3 Å². The molecule has 4 rings (SSSR count). The Labute approximate surface area is 141 Å². The number of nitriles is 1. The highest BCUT2D eigenvalue weighted by Gasteiger charge is 2.12. The van der Waals surface area contributed by atoms with Gasteiger partial charge in [0.25, 0.3) is 0 Å². The Kier molecular flexibility index (Phi) is 3.76. The number of hydrogen-bond acceptors (Lipinski definition) is 3. The van der Waals surface area contributed by atoms with Gasteiger partial charge in [0.05, 0.1) is 16.6 Å². The third-order valence-electron chi connectivity index (χ3n) is 4.44. The van der Waals surface area contributed by atoms with E-state index in [9.17, 15) is 5.26 Å². The molecule has 1 aliphatic rings. The summed E-state index contributed by atoms with van der Waals surface area (Å²) in [5, 5.41) is 9.51. The zero-order chi connectivity index (χ0) is 16.4. The molecule has 24 heavy (non-hydrogen) atoms. The number of hydrogen-bond donors (Lipinski definition) is 1. The molecular formula is C20H18N4. The Bertz CT molecular complexity index is 889. The van der Waals surface area contributed by atoms with Gasteiger partial charge in [0, 0.05) is 18.8 Å². The lowest BCUT2D eigenvalue weighted by atomic mass is 10.1. The van der Waals surface area contributed by atoms with Crippen LogP contribution in [-0.4, -0.2) is 23.1 Å². The number of nitrogens with zero attached hydrogens (tertiary/aromatic N) is 3. The number of fused-ring (bicyclic) bond motifs is 1. The van der Waals surface area contributed by atoms with Gasteiger partial charge < -0.3 is 9.88 Å². The lowest BCUT2D eigenvalue weighted by Crippen LogP contribution is -2.17. The maximum Gasteiger partial charge on any atom is 0.149 e. The molecule has 2 aromatic carbocycles. The van der Waals surface area contributed by atoms with Crippen LogP contribution in [0, 0.1) is 11.3 Å². The summed E-state index contributed by atoms with van der Waals surface area (Å²) >= 11 is 0. The lowest BCUT2D eigenvalue weighted by molar-refractivity contribution is 0.949. The number of para-hydroxylation sites is 2. The highest BCUT2D eigenvalue weighted by Crippen LogP contribution is 2.23. The van der Waals surface area contributed by atoms with Gasteiger partial charge >= 0.3 is 0 Å². The van der Waals surface area contributed by atoms with Gasteiger partial charge in [0.2, 0.25) is 0 Å². The number of allylic oxidation sites excluding steroid dienone is 1. The zero-order valence-electron chi connectivity index (χ0n) is 13.4. The van der Waals surface area contributed by atoms with Crippen LogP contribution in [0.4, 0.5) is 5.69 Å². The molecule has 1 saturated heterocycles. The molecule has 1 aromatic heterocycles. The third kappa shape index (κ3) is 2.77. The first-order chi connectivity index (χ1) is 11.8. The summed E-state index contributed by atoms with van der Waals surface area (Å²) in [6.07, 6.45) is 4.42. The maximum absolute atomic E-state index is 9.51. The number of aromatic amines is 1. The standard InChI is InChI=1S/C20H18N4/c21-14-16(20-22-18-5-1-2-6-19(18)23-20)13-15-7-9-17(10-8-15)24-11-3-4-12-24/h1-2,5-10,13H,3-4,11-12H2,(H,22,23)/b16-13+. The summed E-state index contributed by atoms with van der Waals surface area (Å²) in [6.45, 7) is 2.27. The van der Waals surface area contributed by atoms with E-state index in [0.29, 0.717) is 11.4 Å². The molecule has 1 fully saturated rings. The normalized spacial score (nSPS) is 15.0. The summed E-state index contributed by atoms with van der Waals surface area (Å²) in [4.78, 5) is 10.1. The largest absolute Gasteiger partial charge is 0.372 e. The van der Waals surface area contributed by atoms with Crippen molar-refractivity contribution < 1.29 is 0 Å². The van der Waals surface area contributed by atoms with Crippen molar-refractivity contribution in [3.05, 3.63) is 59.9 Å². The molecule has 1 aliphatic heterocycles. The summed E-state index contributed by atoms with van der Waals surface area (Å²) in [5.41, 5.74) is 4.62. The molecule has 0 unspecified atom stereocenters. The first kappa shape index (κ1) is 14.5. The smallest absolute Gasteiger partial charge is 0.149 e. The van der Waals surface area contributed by atoms with Crippen LogP contribution in [-0.2, 0) is 0 Å². The number of imidazole rings is 1. The Morgan fingerprint density at radius 1 is 1.08 bits per heavy atom. The molecule has 1 N–H and O–H groups in total. The molecule has 0 atom stereocenters. The van der Waals surface area contributed by atoms with Gasteiger partial charge in [0.15, 0.2) is 0 Å². The number of benzene rings is 2. The monoisotopic (exact) mass is 314 g/mol. The first-order valence-corrected chi connectivity index (χ1v) is 8.25. The van der Waals surface area contributed by atoms with Crippen LogP contribution in [0.25, 0.3) is 22.7 Å². The third-order valence-corrected chi connectivity index (χ3v) is 4.44. The molecule has 0 aliphatic carbocycles. The molecule has 0 bridgehead atoms. The minimum atomic E-state index is 0.542. The van der Waals surface area contributed by atoms with E-state index >= 15 is 0 Å². The minimum Gasteiger partial charge on any atom is -0.372 e. The van der Waals surface area contributed by atoms with Crippen molar-refractivity contribution >= 4 is 28.4 Å². The van der Waals surface area contributed by atoms with E-state index in [1.165, 1.54) is 18.5 Å². The van der Waals surface area contributed by atoms with Crippen LogP contribution < -0.4 is 4.90 Å². The first-order valence-electron chi connectivity index (χ1n) is 8.25. The number of aromatic nitrogens is 2. The van der Waals surface area contributed by atoms with Crippen molar-refractivity contribution in [3.63, 3.8) is 0 Å². The fourth-order valence-corrected chi connectivity index (χ4v) is 3.16. The fraction of sp³-hybridized carbons (Fsp3) is 0.200. The SMILES string of the molecule is N#C/C(=C\c1ccc(N2CCCC2)cc1)c1nc2ccccc2[nH]1. The second-order valence-electron chi connectivity index (χ2n) is 6.06. The van der Waals surface area contributed by atoms with Gasteiger partial charge in [-0.3, -0.25) is 0 Å². The lowest BCUT2D eigenvalue weighted by Gasteiger charge is -2.17. The second-order valence-corrected chi connectivity index (χ2v) is 6.06. The number of nitrogens with one attached hydrogen (secondary N) is 1. The minimum absolute atomic E-state index is 0.542. The average Bonchev–Trinajstić information content (AvgIpc) is 3.29. The Morgan fingerprint density at radius 2 is 1.83 bits per heavy atom. The van der Waals surface area contributed by atoms with Crippen molar-refractivity contribution in [1.29, 1.82) is 5.26 Å². The van der Waals surface area contributed by atoms with Gasteiger partial charge in [-0.15, -0.1) is 0 Å².